The van der Waals surface area contributed by atoms with Gasteiger partial charge in [0.05, 0.1) is 0 Å². The van der Waals surface area contributed by atoms with Gasteiger partial charge in [-0.3, -0.25) is 0 Å². The standard InChI is InChI=1S/C5H10O2S5/c1-9-4(8)11-5(10-2)12(3,6)7/h5H,1-3H3/t5-/m1/s1. The molecule has 0 saturated heterocycles. The highest BCUT2D eigenvalue weighted by Gasteiger charge is 2.21. The summed E-state index contributed by atoms with van der Waals surface area (Å²) < 4.78 is 22.4. The van der Waals surface area contributed by atoms with Gasteiger partial charge in [0.2, 0.25) is 0 Å². The third kappa shape index (κ3) is 4.96. The van der Waals surface area contributed by atoms with Crippen molar-refractivity contribution in [1.29, 1.82) is 0 Å². The zero-order chi connectivity index (χ0) is 9.78. The summed E-state index contributed by atoms with van der Waals surface area (Å²) in [5.41, 5.74) is 0. The summed E-state index contributed by atoms with van der Waals surface area (Å²) in [4.78, 5) is 0. The summed E-state index contributed by atoms with van der Waals surface area (Å²) in [5, 5.41) is 0. The van der Waals surface area contributed by atoms with Crippen LogP contribution >= 0.6 is 47.5 Å². The molecule has 0 unspecified atom stereocenters. The molecule has 0 aliphatic rings. The van der Waals surface area contributed by atoms with Gasteiger partial charge in [-0.1, -0.05) is 24.0 Å². The summed E-state index contributed by atoms with van der Waals surface area (Å²) in [6.45, 7) is 0. The van der Waals surface area contributed by atoms with Gasteiger partial charge in [-0.05, 0) is 12.5 Å². The maximum absolute atomic E-state index is 11.1. The Morgan fingerprint density at radius 3 is 2.17 bits per heavy atom. The maximum atomic E-state index is 11.1. The van der Waals surface area contributed by atoms with E-state index in [1.165, 1.54) is 41.5 Å². The molecule has 0 amide bonds. The van der Waals surface area contributed by atoms with E-state index in [0.29, 0.717) is 3.53 Å². The Kier molecular flexibility index (Phi) is 6.27. The Labute approximate surface area is 91.6 Å². The van der Waals surface area contributed by atoms with Gasteiger partial charge in [0.1, 0.15) is 3.53 Å². The van der Waals surface area contributed by atoms with Crippen molar-refractivity contribution < 1.29 is 8.42 Å². The van der Waals surface area contributed by atoms with Crippen molar-refractivity contribution in [2.45, 2.75) is 3.91 Å². The predicted molar refractivity (Wildman–Crippen MR) is 65.9 cm³/mol. The first-order valence-electron chi connectivity index (χ1n) is 2.88. The van der Waals surface area contributed by atoms with Gasteiger partial charge in [-0.15, -0.1) is 23.5 Å². The van der Waals surface area contributed by atoms with Crippen LogP contribution in [0.1, 0.15) is 0 Å². The number of rotatable bonds is 3. The Balaban J connectivity index is 4.30. The van der Waals surface area contributed by atoms with Gasteiger partial charge in [-0.25, -0.2) is 8.42 Å². The number of thioether (sulfide) groups is 3. The van der Waals surface area contributed by atoms with Gasteiger partial charge < -0.3 is 0 Å². The average Bonchev–Trinajstić information content (AvgIpc) is 1.97. The molecule has 1 atom stereocenters. The van der Waals surface area contributed by atoms with E-state index in [0.717, 1.165) is 0 Å². The fraction of sp³-hybridized carbons (Fsp3) is 0.800. The minimum atomic E-state index is -3.00. The van der Waals surface area contributed by atoms with E-state index in [-0.39, 0.29) is 0 Å². The molecule has 0 N–H and O–H groups in total. The Hall–Kier alpha value is 1.09. The van der Waals surface area contributed by atoms with Crippen molar-refractivity contribution >= 4 is 60.9 Å². The minimum Gasteiger partial charge on any atom is -0.227 e. The zero-order valence-corrected chi connectivity index (χ0v) is 11.0. The molecule has 0 rings (SSSR count). The van der Waals surface area contributed by atoms with Gasteiger partial charge in [-0.2, -0.15) is 0 Å². The molecule has 12 heavy (non-hydrogen) atoms. The third-order valence-corrected chi connectivity index (χ3v) is 8.11. The number of hydrogen-bond donors (Lipinski definition) is 0. The topological polar surface area (TPSA) is 34.1 Å². The van der Waals surface area contributed by atoms with Crippen molar-refractivity contribution in [3.8, 4) is 0 Å². The highest BCUT2D eigenvalue weighted by Crippen LogP contribution is 2.30. The second-order valence-corrected chi connectivity index (χ2v) is 9.01. The summed E-state index contributed by atoms with van der Waals surface area (Å²) in [5.74, 6) is 0. The lowest BCUT2D eigenvalue weighted by Gasteiger charge is -2.10. The van der Waals surface area contributed by atoms with E-state index >= 15 is 0 Å². The molecule has 0 spiro atoms. The number of hydrogen-bond acceptors (Lipinski definition) is 6. The molecule has 0 aromatic rings. The monoisotopic (exact) mass is 262 g/mol. The van der Waals surface area contributed by atoms with Crippen molar-refractivity contribution in [2.24, 2.45) is 0 Å². The SMILES string of the molecule is CSC(=S)S[C@@H](SC)S(C)(=O)=O. The molecule has 0 radical (unpaired) electrons. The van der Waals surface area contributed by atoms with Crippen LogP contribution < -0.4 is 0 Å². The molecular weight excluding hydrogens is 252 g/mol. The lowest BCUT2D eigenvalue weighted by Crippen LogP contribution is -2.12. The summed E-state index contributed by atoms with van der Waals surface area (Å²) in [6, 6.07) is 0. The highest BCUT2D eigenvalue weighted by atomic mass is 32.3. The van der Waals surface area contributed by atoms with Crippen LogP contribution in [0.25, 0.3) is 0 Å². The molecule has 0 aliphatic heterocycles. The first kappa shape index (κ1) is 13.1. The molecular formula is C5H10O2S5. The van der Waals surface area contributed by atoms with E-state index in [1.54, 1.807) is 6.26 Å². The van der Waals surface area contributed by atoms with Gasteiger partial charge in [0.25, 0.3) is 0 Å². The summed E-state index contributed by atoms with van der Waals surface area (Å²) in [7, 11) is -3.00. The normalized spacial score (nSPS) is 14.2. The van der Waals surface area contributed by atoms with E-state index in [1.807, 2.05) is 6.26 Å². The maximum Gasteiger partial charge on any atom is 0.169 e. The van der Waals surface area contributed by atoms with E-state index in [2.05, 4.69) is 0 Å². The molecule has 0 aromatic heterocycles. The van der Waals surface area contributed by atoms with E-state index in [9.17, 15) is 8.42 Å². The highest BCUT2D eigenvalue weighted by molar-refractivity contribution is 8.52. The van der Waals surface area contributed by atoms with Gasteiger partial charge >= 0.3 is 0 Å². The fourth-order valence-electron chi connectivity index (χ4n) is 0.437. The summed E-state index contributed by atoms with van der Waals surface area (Å²) in [6.07, 6.45) is 4.83. The van der Waals surface area contributed by atoms with Crippen LogP contribution in [0.15, 0.2) is 0 Å². The molecule has 7 heteroatoms. The minimum absolute atomic E-state index is 0.461. The second kappa shape index (κ2) is 5.74. The van der Waals surface area contributed by atoms with Crippen molar-refractivity contribution in [3.05, 3.63) is 0 Å². The van der Waals surface area contributed by atoms with E-state index in [4.69, 9.17) is 12.2 Å². The van der Waals surface area contributed by atoms with Crippen LogP contribution in [0, 0.1) is 0 Å². The van der Waals surface area contributed by atoms with E-state index < -0.39 is 13.8 Å². The van der Waals surface area contributed by atoms with Crippen molar-refractivity contribution in [1.82, 2.24) is 0 Å². The first-order chi connectivity index (χ1) is 5.41. The van der Waals surface area contributed by atoms with Crippen LogP contribution in [0.4, 0.5) is 0 Å². The molecule has 0 fully saturated rings. The molecule has 0 bridgehead atoms. The van der Waals surface area contributed by atoms with Crippen LogP contribution in [0.2, 0.25) is 0 Å². The molecule has 2 nitrogen and oxygen atoms in total. The molecule has 72 valence electrons. The Morgan fingerprint density at radius 2 is 1.92 bits per heavy atom. The Bertz CT molecular complexity index is 245. The summed E-state index contributed by atoms with van der Waals surface area (Å²) >= 11 is 8.83. The van der Waals surface area contributed by atoms with Gasteiger partial charge in [0.15, 0.2) is 13.8 Å². The fourth-order valence-corrected chi connectivity index (χ4v) is 5.35. The largest absolute Gasteiger partial charge is 0.227 e. The smallest absolute Gasteiger partial charge is 0.169 e. The average molecular weight is 262 g/mol. The van der Waals surface area contributed by atoms with Crippen LogP contribution in [-0.2, 0) is 9.84 Å². The second-order valence-electron chi connectivity index (χ2n) is 1.93. The van der Waals surface area contributed by atoms with Crippen LogP contribution in [0.3, 0.4) is 0 Å². The Morgan fingerprint density at radius 1 is 1.42 bits per heavy atom. The zero-order valence-electron chi connectivity index (χ0n) is 6.94. The van der Waals surface area contributed by atoms with Crippen LogP contribution in [-0.4, -0.2) is 34.6 Å². The molecule has 0 aliphatic carbocycles. The number of sulfone groups is 1. The first-order valence-corrected chi connectivity index (χ1v) is 8.63. The number of thiocarbonyl (C=S) groups is 1. The lowest BCUT2D eigenvalue weighted by atomic mass is 11.8. The molecule has 0 heterocycles. The van der Waals surface area contributed by atoms with Crippen LogP contribution in [0.5, 0.6) is 0 Å². The van der Waals surface area contributed by atoms with Crippen molar-refractivity contribution in [3.63, 3.8) is 0 Å². The molecule has 0 aromatic carbocycles. The predicted octanol–water partition coefficient (Wildman–Crippen LogP) is 2.06. The quantitative estimate of drug-likeness (QED) is 0.572. The van der Waals surface area contributed by atoms with Gasteiger partial charge in [0, 0.05) is 6.26 Å². The van der Waals surface area contributed by atoms with Crippen molar-refractivity contribution in [2.75, 3.05) is 18.8 Å². The lowest BCUT2D eigenvalue weighted by molar-refractivity contribution is 0.605. The molecule has 0 saturated carbocycles. The third-order valence-electron chi connectivity index (χ3n) is 0.901.